The Bertz CT molecular complexity index is 447. The van der Waals surface area contributed by atoms with Crippen LogP contribution in [0.5, 0.6) is 0 Å². The maximum absolute atomic E-state index is 5.86. The van der Waals surface area contributed by atoms with Gasteiger partial charge in [-0.2, -0.15) is 0 Å². The highest BCUT2D eigenvalue weighted by molar-refractivity contribution is 5.90. The number of rotatable bonds is 3. The lowest BCUT2D eigenvalue weighted by Crippen LogP contribution is -2.53. The van der Waals surface area contributed by atoms with Crippen molar-refractivity contribution in [3.05, 3.63) is 12.0 Å². The van der Waals surface area contributed by atoms with E-state index in [1.807, 2.05) is 0 Å². The first-order valence-corrected chi connectivity index (χ1v) is 7.55. The Morgan fingerprint density at radius 2 is 1.95 bits per heavy atom. The van der Waals surface area contributed by atoms with Crippen LogP contribution in [-0.2, 0) is 4.74 Å². The van der Waals surface area contributed by atoms with E-state index in [0.29, 0.717) is 12.1 Å². The molecular formula is C16H29N3O. The van der Waals surface area contributed by atoms with Crippen LogP contribution in [0.15, 0.2) is 17.0 Å². The summed E-state index contributed by atoms with van der Waals surface area (Å²) in [6.07, 6.45) is 2.44. The third-order valence-corrected chi connectivity index (χ3v) is 4.08. The Kier molecular flexibility index (Phi) is 3.66. The van der Waals surface area contributed by atoms with Gasteiger partial charge in [0, 0.05) is 23.5 Å². The van der Waals surface area contributed by atoms with Gasteiger partial charge in [0.2, 0.25) is 0 Å². The fourth-order valence-electron chi connectivity index (χ4n) is 2.95. The molecule has 0 aromatic carbocycles. The highest BCUT2D eigenvalue weighted by Gasteiger charge is 2.58. The highest BCUT2D eigenvalue weighted by Crippen LogP contribution is 2.43. The van der Waals surface area contributed by atoms with Crippen molar-refractivity contribution in [1.29, 1.82) is 0 Å². The van der Waals surface area contributed by atoms with Gasteiger partial charge in [-0.05, 0) is 55.4 Å². The number of hydrogen-bond donors (Lipinski definition) is 1. The van der Waals surface area contributed by atoms with Crippen LogP contribution < -0.4 is 5.32 Å². The standard InChI is InChI=1S/C16H29N3O/c1-10(2)19-9-13(18-15(5,6)7)17-11(3)14(19)16(8)12(4)20-16/h9-10,12,14,18H,1-8H3/t12-,14?,16+/m0/s1. The summed E-state index contributed by atoms with van der Waals surface area (Å²) in [4.78, 5) is 7.14. The maximum atomic E-state index is 5.86. The van der Waals surface area contributed by atoms with E-state index in [9.17, 15) is 0 Å². The fourth-order valence-corrected chi connectivity index (χ4v) is 2.95. The van der Waals surface area contributed by atoms with Gasteiger partial charge < -0.3 is 15.0 Å². The van der Waals surface area contributed by atoms with Crippen molar-refractivity contribution in [2.24, 2.45) is 4.99 Å². The van der Waals surface area contributed by atoms with Gasteiger partial charge in [-0.3, -0.25) is 0 Å². The van der Waals surface area contributed by atoms with Crippen molar-refractivity contribution in [3.8, 4) is 0 Å². The second-order valence-corrected chi connectivity index (χ2v) is 7.53. The zero-order valence-electron chi connectivity index (χ0n) is 14.1. The van der Waals surface area contributed by atoms with E-state index in [1.165, 1.54) is 0 Å². The van der Waals surface area contributed by atoms with Gasteiger partial charge >= 0.3 is 0 Å². The molecule has 2 rings (SSSR count). The molecule has 0 radical (unpaired) electrons. The van der Waals surface area contributed by atoms with Crippen molar-refractivity contribution in [1.82, 2.24) is 10.2 Å². The third-order valence-electron chi connectivity index (χ3n) is 4.08. The third kappa shape index (κ3) is 2.85. The van der Waals surface area contributed by atoms with E-state index in [-0.39, 0.29) is 17.2 Å². The minimum atomic E-state index is -0.110. The van der Waals surface area contributed by atoms with E-state index < -0.39 is 0 Å². The molecule has 0 amide bonds. The highest BCUT2D eigenvalue weighted by atomic mass is 16.6. The molecule has 0 bridgehead atoms. The molecule has 0 aliphatic carbocycles. The van der Waals surface area contributed by atoms with E-state index in [2.05, 4.69) is 71.8 Å². The lowest BCUT2D eigenvalue weighted by molar-refractivity contribution is 0.173. The van der Waals surface area contributed by atoms with Gasteiger partial charge in [-0.15, -0.1) is 0 Å². The Morgan fingerprint density at radius 1 is 1.40 bits per heavy atom. The molecule has 20 heavy (non-hydrogen) atoms. The van der Waals surface area contributed by atoms with Crippen molar-refractivity contribution < 1.29 is 4.74 Å². The van der Waals surface area contributed by atoms with Gasteiger partial charge in [0.15, 0.2) is 0 Å². The van der Waals surface area contributed by atoms with Crippen LogP contribution in [0.3, 0.4) is 0 Å². The Labute approximate surface area is 123 Å². The molecule has 2 aliphatic heterocycles. The van der Waals surface area contributed by atoms with Crippen LogP contribution in [0.1, 0.15) is 55.4 Å². The topological polar surface area (TPSA) is 40.2 Å². The summed E-state index contributed by atoms with van der Waals surface area (Å²) in [5.74, 6) is 0.942. The van der Waals surface area contributed by atoms with Crippen LogP contribution in [0.4, 0.5) is 0 Å². The van der Waals surface area contributed by atoms with E-state index in [0.717, 1.165) is 11.5 Å². The molecular weight excluding hydrogens is 250 g/mol. The molecule has 2 heterocycles. The molecule has 2 aliphatic rings. The molecule has 4 heteroatoms. The lowest BCUT2D eigenvalue weighted by atomic mass is 9.91. The summed E-state index contributed by atoms with van der Waals surface area (Å²) in [5.41, 5.74) is 1.03. The second-order valence-electron chi connectivity index (χ2n) is 7.53. The van der Waals surface area contributed by atoms with Crippen LogP contribution in [-0.4, -0.2) is 39.9 Å². The first-order chi connectivity index (χ1) is 9.04. The molecule has 0 aromatic rings. The molecule has 1 saturated heterocycles. The van der Waals surface area contributed by atoms with E-state index >= 15 is 0 Å². The lowest BCUT2D eigenvalue weighted by Gasteiger charge is -2.40. The molecule has 0 aromatic heterocycles. The van der Waals surface area contributed by atoms with Crippen molar-refractivity contribution in [2.75, 3.05) is 0 Å². The van der Waals surface area contributed by atoms with Crippen LogP contribution in [0, 0.1) is 0 Å². The van der Waals surface area contributed by atoms with Crippen molar-refractivity contribution >= 4 is 5.71 Å². The molecule has 4 nitrogen and oxygen atoms in total. The SMILES string of the molecule is CC1=NC(NC(C)(C)C)=CN(C(C)C)C1[C@]1(C)O[C@H]1C. The average molecular weight is 279 g/mol. The first kappa shape index (κ1) is 15.4. The van der Waals surface area contributed by atoms with Crippen molar-refractivity contribution in [2.45, 2.75) is 84.7 Å². The van der Waals surface area contributed by atoms with E-state index in [1.54, 1.807) is 0 Å². The van der Waals surface area contributed by atoms with Gasteiger partial charge in [0.1, 0.15) is 11.4 Å². The largest absolute Gasteiger partial charge is 0.364 e. The number of nitrogens with one attached hydrogen (secondary N) is 1. The molecule has 3 atom stereocenters. The maximum Gasteiger partial charge on any atom is 0.142 e. The van der Waals surface area contributed by atoms with Crippen LogP contribution >= 0.6 is 0 Å². The quantitative estimate of drug-likeness (QED) is 0.808. The predicted molar refractivity (Wildman–Crippen MR) is 83.8 cm³/mol. The van der Waals surface area contributed by atoms with Gasteiger partial charge in [0.05, 0.1) is 12.1 Å². The molecule has 0 saturated carbocycles. The minimum absolute atomic E-state index is 0.0123. The molecule has 114 valence electrons. The van der Waals surface area contributed by atoms with Crippen LogP contribution in [0.25, 0.3) is 0 Å². The van der Waals surface area contributed by atoms with Gasteiger partial charge in [-0.1, -0.05) is 0 Å². The van der Waals surface area contributed by atoms with E-state index in [4.69, 9.17) is 9.73 Å². The summed E-state index contributed by atoms with van der Waals surface area (Å²) >= 11 is 0. The summed E-state index contributed by atoms with van der Waals surface area (Å²) in [5, 5.41) is 3.47. The number of epoxide rings is 1. The smallest absolute Gasteiger partial charge is 0.142 e. The Hall–Kier alpha value is -1.03. The zero-order chi connectivity index (χ0) is 15.3. The average Bonchev–Trinajstić information content (AvgIpc) is 2.83. The summed E-state index contributed by atoms with van der Waals surface area (Å²) in [6.45, 7) is 17.3. The first-order valence-electron chi connectivity index (χ1n) is 7.55. The monoisotopic (exact) mass is 279 g/mol. The summed E-state index contributed by atoms with van der Waals surface area (Å²) < 4.78 is 5.86. The van der Waals surface area contributed by atoms with Gasteiger partial charge in [0.25, 0.3) is 0 Å². The van der Waals surface area contributed by atoms with Crippen LogP contribution in [0.2, 0.25) is 0 Å². The number of aliphatic imine (C=N–C) groups is 1. The zero-order valence-corrected chi connectivity index (χ0v) is 14.1. The number of ether oxygens (including phenoxy) is 1. The predicted octanol–water partition coefficient (Wildman–Crippen LogP) is 2.90. The van der Waals surface area contributed by atoms with Crippen molar-refractivity contribution in [3.63, 3.8) is 0 Å². The molecule has 1 fully saturated rings. The minimum Gasteiger partial charge on any atom is -0.364 e. The molecule has 0 spiro atoms. The van der Waals surface area contributed by atoms with Gasteiger partial charge in [-0.25, -0.2) is 4.99 Å². The normalized spacial score (nSPS) is 34.0. The molecule has 1 N–H and O–H groups in total. The summed E-state index contributed by atoms with van der Waals surface area (Å²) in [7, 11) is 0. The fraction of sp³-hybridized carbons (Fsp3) is 0.812. The number of nitrogens with zero attached hydrogens (tertiary/aromatic N) is 2. The Balaban J connectivity index is 2.28. The number of hydrogen-bond acceptors (Lipinski definition) is 4. The molecule has 1 unspecified atom stereocenters. The Morgan fingerprint density at radius 3 is 2.35 bits per heavy atom. The summed E-state index contributed by atoms with van der Waals surface area (Å²) in [6, 6.07) is 0.637. The second kappa shape index (κ2) is 4.76.